The maximum atomic E-state index is 13.6. The van der Waals surface area contributed by atoms with Crippen LogP contribution in [-0.2, 0) is 29.1 Å². The molecular formula is C26H29N5O3. The van der Waals surface area contributed by atoms with Crippen molar-refractivity contribution in [3.63, 3.8) is 0 Å². The molecule has 4 rings (SSSR count). The molecule has 0 spiro atoms. The maximum absolute atomic E-state index is 13.6. The third kappa shape index (κ3) is 5.01. The van der Waals surface area contributed by atoms with E-state index >= 15 is 0 Å². The fourth-order valence-electron chi connectivity index (χ4n) is 4.03. The minimum absolute atomic E-state index is 0.0201. The maximum Gasteiger partial charge on any atom is 0.247 e. The van der Waals surface area contributed by atoms with Gasteiger partial charge in [-0.05, 0) is 55.7 Å². The van der Waals surface area contributed by atoms with Gasteiger partial charge in [0.25, 0.3) is 0 Å². The van der Waals surface area contributed by atoms with E-state index in [4.69, 9.17) is 4.42 Å². The number of fused-ring (bicyclic) bond motifs is 1. The number of rotatable bonds is 9. The Morgan fingerprint density at radius 3 is 2.50 bits per heavy atom. The summed E-state index contributed by atoms with van der Waals surface area (Å²) in [6.07, 6.45) is 2.46. The van der Waals surface area contributed by atoms with Crippen LogP contribution in [0, 0.1) is 0 Å². The van der Waals surface area contributed by atoms with Gasteiger partial charge in [-0.25, -0.2) is 4.68 Å². The van der Waals surface area contributed by atoms with E-state index in [1.807, 2.05) is 62.4 Å². The van der Waals surface area contributed by atoms with Crippen molar-refractivity contribution in [1.29, 1.82) is 0 Å². The summed E-state index contributed by atoms with van der Waals surface area (Å²) < 4.78 is 6.93. The molecule has 0 aliphatic rings. The van der Waals surface area contributed by atoms with E-state index in [9.17, 15) is 9.59 Å². The standard InChI is InChI=1S/C26H29N5O3/c1-4-19-11-13-20(14-12-19)25(26(33)27-16-21-8-7-15-34-21)31(18(2)3)24(32)17-30-23-10-6-5-9-22(23)28-29-30/h5-15,18,25H,4,16-17H2,1-3H3,(H,27,33)/t25-/m1/s1. The fraction of sp³-hybridized carbons (Fsp3) is 0.308. The molecule has 0 saturated carbocycles. The molecule has 1 atom stereocenters. The van der Waals surface area contributed by atoms with E-state index in [0.29, 0.717) is 11.3 Å². The van der Waals surface area contributed by atoms with Gasteiger partial charge >= 0.3 is 0 Å². The summed E-state index contributed by atoms with van der Waals surface area (Å²) in [5.74, 6) is 0.152. The zero-order chi connectivity index (χ0) is 24.1. The van der Waals surface area contributed by atoms with Crippen molar-refractivity contribution >= 4 is 22.8 Å². The van der Waals surface area contributed by atoms with E-state index in [0.717, 1.165) is 23.1 Å². The van der Waals surface area contributed by atoms with Crippen LogP contribution in [0.25, 0.3) is 11.0 Å². The molecule has 34 heavy (non-hydrogen) atoms. The highest BCUT2D eigenvalue weighted by atomic mass is 16.3. The molecule has 8 nitrogen and oxygen atoms in total. The summed E-state index contributed by atoms with van der Waals surface area (Å²) in [5.41, 5.74) is 3.40. The number of benzene rings is 2. The zero-order valence-electron chi connectivity index (χ0n) is 19.6. The summed E-state index contributed by atoms with van der Waals surface area (Å²) in [7, 11) is 0. The average molecular weight is 460 g/mol. The van der Waals surface area contributed by atoms with Gasteiger partial charge < -0.3 is 14.6 Å². The summed E-state index contributed by atoms with van der Waals surface area (Å²) in [4.78, 5) is 28.7. The number of carbonyl (C=O) groups is 2. The Morgan fingerprint density at radius 1 is 1.06 bits per heavy atom. The third-order valence-electron chi connectivity index (χ3n) is 5.80. The number of hydrogen-bond donors (Lipinski definition) is 1. The van der Waals surface area contributed by atoms with Gasteiger partial charge in [0, 0.05) is 6.04 Å². The molecule has 1 N–H and O–H groups in total. The highest BCUT2D eigenvalue weighted by Gasteiger charge is 2.33. The van der Waals surface area contributed by atoms with Gasteiger partial charge in [-0.3, -0.25) is 9.59 Å². The van der Waals surface area contributed by atoms with Crippen LogP contribution in [-0.4, -0.2) is 37.7 Å². The van der Waals surface area contributed by atoms with Crippen LogP contribution in [0.2, 0.25) is 0 Å². The number of aromatic nitrogens is 3. The van der Waals surface area contributed by atoms with E-state index in [2.05, 4.69) is 22.6 Å². The van der Waals surface area contributed by atoms with Crippen LogP contribution in [0.5, 0.6) is 0 Å². The minimum Gasteiger partial charge on any atom is -0.467 e. The SMILES string of the molecule is CCc1ccc([C@H](C(=O)NCc2ccco2)N(C(=O)Cn2nnc3ccccc32)C(C)C)cc1. The number of nitrogens with zero attached hydrogens (tertiary/aromatic N) is 4. The zero-order valence-corrected chi connectivity index (χ0v) is 19.6. The normalized spacial score (nSPS) is 12.1. The summed E-state index contributed by atoms with van der Waals surface area (Å²) in [6, 6.07) is 17.9. The molecule has 8 heteroatoms. The minimum atomic E-state index is -0.803. The molecule has 0 fully saturated rings. The highest BCUT2D eigenvalue weighted by Crippen LogP contribution is 2.25. The fourth-order valence-corrected chi connectivity index (χ4v) is 4.03. The molecule has 2 amide bonds. The molecular weight excluding hydrogens is 430 g/mol. The van der Waals surface area contributed by atoms with Crippen LogP contribution in [0.3, 0.4) is 0 Å². The van der Waals surface area contributed by atoms with Crippen molar-refractivity contribution in [3.05, 3.63) is 83.8 Å². The second-order valence-corrected chi connectivity index (χ2v) is 8.43. The summed E-state index contributed by atoms with van der Waals surface area (Å²) in [6.45, 7) is 6.11. The molecule has 0 saturated heterocycles. The summed E-state index contributed by atoms with van der Waals surface area (Å²) in [5, 5.41) is 11.2. The smallest absolute Gasteiger partial charge is 0.247 e. The Bertz CT molecular complexity index is 1250. The molecule has 2 heterocycles. The molecule has 0 aliphatic carbocycles. The Hall–Kier alpha value is -3.94. The van der Waals surface area contributed by atoms with E-state index in [-0.39, 0.29) is 30.9 Å². The predicted octanol–water partition coefficient (Wildman–Crippen LogP) is 3.88. The first-order valence-corrected chi connectivity index (χ1v) is 11.5. The molecule has 0 radical (unpaired) electrons. The van der Waals surface area contributed by atoms with Gasteiger partial charge in [-0.2, -0.15) is 0 Å². The number of aryl methyl sites for hydroxylation is 1. The second kappa shape index (κ2) is 10.3. The number of carbonyl (C=O) groups excluding carboxylic acids is 2. The molecule has 2 aromatic carbocycles. The Labute approximate surface area is 198 Å². The first kappa shape index (κ1) is 23.2. The van der Waals surface area contributed by atoms with Crippen LogP contribution >= 0.6 is 0 Å². The van der Waals surface area contributed by atoms with Gasteiger partial charge in [0.15, 0.2) is 0 Å². The van der Waals surface area contributed by atoms with Crippen molar-refractivity contribution in [2.75, 3.05) is 0 Å². The Kier molecular flexibility index (Phi) is 7.06. The van der Waals surface area contributed by atoms with E-state index in [1.54, 1.807) is 28.0 Å². The Balaban J connectivity index is 1.64. The van der Waals surface area contributed by atoms with Gasteiger partial charge in [-0.1, -0.05) is 48.5 Å². The first-order chi connectivity index (χ1) is 16.5. The molecule has 2 aromatic heterocycles. The Morgan fingerprint density at radius 2 is 1.82 bits per heavy atom. The quantitative estimate of drug-likeness (QED) is 0.410. The first-order valence-electron chi connectivity index (χ1n) is 11.5. The number of furan rings is 1. The van der Waals surface area contributed by atoms with Gasteiger partial charge in [-0.15, -0.1) is 5.10 Å². The lowest BCUT2D eigenvalue weighted by Crippen LogP contribution is -2.48. The number of para-hydroxylation sites is 1. The molecule has 0 unspecified atom stereocenters. The lowest BCUT2D eigenvalue weighted by Gasteiger charge is -2.34. The van der Waals surface area contributed by atoms with Gasteiger partial charge in [0.2, 0.25) is 11.8 Å². The molecule has 0 bridgehead atoms. The van der Waals surface area contributed by atoms with Crippen LogP contribution in [0.4, 0.5) is 0 Å². The van der Waals surface area contributed by atoms with Crippen molar-refractivity contribution in [1.82, 2.24) is 25.2 Å². The largest absolute Gasteiger partial charge is 0.467 e. The van der Waals surface area contributed by atoms with Crippen molar-refractivity contribution in [2.45, 2.75) is 52.4 Å². The second-order valence-electron chi connectivity index (χ2n) is 8.43. The number of nitrogens with one attached hydrogen (secondary N) is 1. The molecule has 0 aliphatic heterocycles. The van der Waals surface area contributed by atoms with Crippen LogP contribution < -0.4 is 5.32 Å². The van der Waals surface area contributed by atoms with Crippen molar-refractivity contribution in [2.24, 2.45) is 0 Å². The third-order valence-corrected chi connectivity index (χ3v) is 5.80. The van der Waals surface area contributed by atoms with Crippen LogP contribution in [0.1, 0.15) is 43.7 Å². The predicted molar refractivity (Wildman–Crippen MR) is 129 cm³/mol. The van der Waals surface area contributed by atoms with Gasteiger partial charge in [0.1, 0.15) is 23.9 Å². The van der Waals surface area contributed by atoms with Crippen molar-refractivity contribution < 1.29 is 14.0 Å². The lowest BCUT2D eigenvalue weighted by atomic mass is 10.00. The number of hydrogen-bond acceptors (Lipinski definition) is 5. The monoisotopic (exact) mass is 459 g/mol. The van der Waals surface area contributed by atoms with E-state index in [1.165, 1.54) is 0 Å². The average Bonchev–Trinajstić information content (AvgIpc) is 3.51. The van der Waals surface area contributed by atoms with Gasteiger partial charge in [0.05, 0.1) is 18.3 Å². The van der Waals surface area contributed by atoms with E-state index < -0.39 is 6.04 Å². The highest BCUT2D eigenvalue weighted by molar-refractivity contribution is 5.89. The van der Waals surface area contributed by atoms with Crippen LogP contribution in [0.15, 0.2) is 71.3 Å². The molecule has 4 aromatic rings. The lowest BCUT2D eigenvalue weighted by molar-refractivity contribution is -0.143. The topological polar surface area (TPSA) is 93.3 Å². The summed E-state index contributed by atoms with van der Waals surface area (Å²) >= 11 is 0. The molecule has 176 valence electrons. The van der Waals surface area contributed by atoms with Crippen molar-refractivity contribution in [3.8, 4) is 0 Å². The number of amides is 2.